The van der Waals surface area contributed by atoms with Gasteiger partial charge in [-0.1, -0.05) is 13.0 Å². The van der Waals surface area contributed by atoms with Gasteiger partial charge in [-0.15, -0.1) is 0 Å². The molecule has 2 atom stereocenters. The summed E-state index contributed by atoms with van der Waals surface area (Å²) in [7, 11) is 0. The summed E-state index contributed by atoms with van der Waals surface area (Å²) < 4.78 is 5.58. The summed E-state index contributed by atoms with van der Waals surface area (Å²) >= 11 is 2.04. The van der Waals surface area contributed by atoms with Gasteiger partial charge in [0.1, 0.15) is 18.5 Å². The van der Waals surface area contributed by atoms with Gasteiger partial charge in [-0.05, 0) is 18.6 Å². The van der Waals surface area contributed by atoms with E-state index in [0.29, 0.717) is 29.8 Å². The summed E-state index contributed by atoms with van der Waals surface area (Å²) in [4.78, 5) is 2.33. The number of hydrogen-bond acceptors (Lipinski definition) is 5. The van der Waals surface area contributed by atoms with Crippen LogP contribution in [-0.2, 0) is 0 Å². The van der Waals surface area contributed by atoms with Crippen molar-refractivity contribution in [2.75, 3.05) is 37.7 Å². The fourth-order valence-corrected chi connectivity index (χ4v) is 3.59. The van der Waals surface area contributed by atoms with E-state index in [2.05, 4.69) is 11.8 Å². The number of anilines is 1. The topological polar surface area (TPSA) is 58.7 Å². The fourth-order valence-electron chi connectivity index (χ4n) is 2.34. The minimum atomic E-state index is -0.461. The highest BCUT2D eigenvalue weighted by Gasteiger charge is 2.21. The molecule has 1 saturated heterocycles. The van der Waals surface area contributed by atoms with Crippen molar-refractivity contribution in [2.24, 2.45) is 0 Å². The number of ether oxygens (including phenoxy) is 1. The molecule has 112 valence electrons. The minimum absolute atomic E-state index is 0.309. The Hall–Kier alpha value is -0.910. The summed E-state index contributed by atoms with van der Waals surface area (Å²) in [6.45, 7) is 5.33. The van der Waals surface area contributed by atoms with Crippen LogP contribution < -0.4 is 10.5 Å². The molecule has 0 aromatic heterocycles. The van der Waals surface area contributed by atoms with Crippen molar-refractivity contribution < 1.29 is 9.84 Å². The number of aliphatic hydroxyl groups excluding tert-OH is 1. The Morgan fingerprint density at radius 2 is 2.40 bits per heavy atom. The van der Waals surface area contributed by atoms with E-state index >= 15 is 0 Å². The second kappa shape index (κ2) is 7.76. The van der Waals surface area contributed by atoms with Gasteiger partial charge < -0.3 is 15.6 Å². The van der Waals surface area contributed by atoms with E-state index in [-0.39, 0.29) is 0 Å². The maximum atomic E-state index is 10.1. The molecule has 1 aromatic carbocycles. The molecule has 3 N–H and O–H groups in total. The lowest BCUT2D eigenvalue weighted by Gasteiger charge is -2.33. The van der Waals surface area contributed by atoms with Crippen LogP contribution in [0.2, 0.25) is 0 Å². The van der Waals surface area contributed by atoms with Crippen molar-refractivity contribution in [3.63, 3.8) is 0 Å². The van der Waals surface area contributed by atoms with Gasteiger partial charge in [0.25, 0.3) is 0 Å². The van der Waals surface area contributed by atoms with Gasteiger partial charge in [0.2, 0.25) is 0 Å². The number of rotatable bonds is 6. The smallest absolute Gasteiger partial charge is 0.121 e. The molecule has 5 heteroatoms. The predicted octanol–water partition coefficient (Wildman–Crippen LogP) is 1.84. The van der Waals surface area contributed by atoms with Gasteiger partial charge in [-0.2, -0.15) is 11.8 Å². The van der Waals surface area contributed by atoms with Crippen molar-refractivity contribution in [1.29, 1.82) is 0 Å². The lowest BCUT2D eigenvalue weighted by atomic mass is 10.2. The number of nitrogens with two attached hydrogens (primary N) is 1. The molecule has 0 aliphatic carbocycles. The number of aliphatic hydroxyl groups is 1. The monoisotopic (exact) mass is 296 g/mol. The first-order valence-corrected chi connectivity index (χ1v) is 8.22. The van der Waals surface area contributed by atoms with E-state index in [9.17, 15) is 5.11 Å². The molecule has 0 spiro atoms. The molecule has 2 unspecified atom stereocenters. The van der Waals surface area contributed by atoms with Gasteiger partial charge >= 0.3 is 0 Å². The van der Waals surface area contributed by atoms with E-state index in [1.807, 2.05) is 30.0 Å². The average Bonchev–Trinajstić information content (AvgIpc) is 2.45. The number of β-amino-alcohol motifs (C(OH)–C–C–N with tert-alkyl or cyclic N) is 1. The number of nitrogens with zero attached hydrogens (tertiary/aromatic N) is 1. The van der Waals surface area contributed by atoms with Gasteiger partial charge in [-0.3, -0.25) is 4.90 Å². The van der Waals surface area contributed by atoms with Crippen LogP contribution >= 0.6 is 11.8 Å². The molecule has 20 heavy (non-hydrogen) atoms. The first-order chi connectivity index (χ1) is 9.67. The summed E-state index contributed by atoms with van der Waals surface area (Å²) in [5.74, 6) is 1.87. The van der Waals surface area contributed by atoms with E-state index in [1.165, 1.54) is 6.42 Å². The van der Waals surface area contributed by atoms with Crippen LogP contribution in [-0.4, -0.2) is 53.4 Å². The van der Waals surface area contributed by atoms with Crippen molar-refractivity contribution in [1.82, 2.24) is 4.90 Å². The molecule has 1 heterocycles. The quantitative estimate of drug-likeness (QED) is 0.784. The molecule has 0 saturated carbocycles. The summed E-state index contributed by atoms with van der Waals surface area (Å²) in [5, 5.41) is 10.8. The van der Waals surface area contributed by atoms with Gasteiger partial charge in [0.05, 0.1) is 0 Å². The highest BCUT2D eigenvalue weighted by atomic mass is 32.2. The van der Waals surface area contributed by atoms with Crippen molar-refractivity contribution in [3.8, 4) is 5.75 Å². The Balaban J connectivity index is 1.73. The van der Waals surface area contributed by atoms with Crippen LogP contribution in [0.25, 0.3) is 0 Å². The SMILES string of the molecule is CCC1CN(CC(O)COc2cccc(N)c2)CCS1. The lowest BCUT2D eigenvalue weighted by Crippen LogP contribution is -2.43. The molecule has 1 aliphatic heterocycles. The molecule has 1 aliphatic rings. The standard InChI is InChI=1S/C15H24N2O2S/c1-2-15-10-17(6-7-20-15)9-13(18)11-19-14-5-3-4-12(16)8-14/h3-5,8,13,15,18H,2,6-7,9-11,16H2,1H3. The molecule has 0 amide bonds. The third-order valence-electron chi connectivity index (χ3n) is 3.45. The van der Waals surface area contributed by atoms with Crippen LogP contribution in [0.3, 0.4) is 0 Å². The maximum absolute atomic E-state index is 10.1. The van der Waals surface area contributed by atoms with E-state index in [4.69, 9.17) is 10.5 Å². The largest absolute Gasteiger partial charge is 0.491 e. The first kappa shape index (κ1) is 15.5. The van der Waals surface area contributed by atoms with Crippen LogP contribution in [0.5, 0.6) is 5.75 Å². The Morgan fingerprint density at radius 3 is 3.15 bits per heavy atom. The molecular weight excluding hydrogens is 272 g/mol. The summed E-state index contributed by atoms with van der Waals surface area (Å²) in [5.41, 5.74) is 6.37. The lowest BCUT2D eigenvalue weighted by molar-refractivity contribution is 0.0692. The van der Waals surface area contributed by atoms with Gasteiger partial charge in [-0.25, -0.2) is 0 Å². The average molecular weight is 296 g/mol. The van der Waals surface area contributed by atoms with Crippen molar-refractivity contribution in [3.05, 3.63) is 24.3 Å². The van der Waals surface area contributed by atoms with E-state index in [1.54, 1.807) is 6.07 Å². The summed E-state index contributed by atoms with van der Waals surface area (Å²) in [6.07, 6.45) is 0.730. The van der Waals surface area contributed by atoms with Crippen LogP contribution in [0.1, 0.15) is 13.3 Å². The normalized spacial score (nSPS) is 21.6. The molecule has 0 radical (unpaired) electrons. The zero-order valence-electron chi connectivity index (χ0n) is 12.0. The Bertz CT molecular complexity index is 417. The van der Waals surface area contributed by atoms with Crippen molar-refractivity contribution in [2.45, 2.75) is 24.7 Å². The zero-order chi connectivity index (χ0) is 14.4. The van der Waals surface area contributed by atoms with E-state index < -0.39 is 6.10 Å². The first-order valence-electron chi connectivity index (χ1n) is 7.17. The molecule has 4 nitrogen and oxygen atoms in total. The van der Waals surface area contributed by atoms with Crippen LogP contribution in [0.4, 0.5) is 5.69 Å². The van der Waals surface area contributed by atoms with Crippen LogP contribution in [0, 0.1) is 0 Å². The predicted molar refractivity (Wildman–Crippen MR) is 85.3 cm³/mol. The highest BCUT2D eigenvalue weighted by molar-refractivity contribution is 8.00. The maximum Gasteiger partial charge on any atom is 0.121 e. The molecule has 1 fully saturated rings. The Kier molecular flexibility index (Phi) is 6.01. The third kappa shape index (κ3) is 4.89. The Labute approximate surface area is 125 Å². The van der Waals surface area contributed by atoms with E-state index in [0.717, 1.165) is 18.8 Å². The number of nitrogen functional groups attached to an aromatic ring is 1. The molecule has 0 bridgehead atoms. The molecule has 1 aromatic rings. The van der Waals surface area contributed by atoms with Crippen molar-refractivity contribution >= 4 is 17.4 Å². The molecular formula is C15H24N2O2S. The van der Waals surface area contributed by atoms with Gasteiger partial charge in [0.15, 0.2) is 0 Å². The molecule has 2 rings (SSSR count). The third-order valence-corrected chi connectivity index (χ3v) is 4.82. The summed E-state index contributed by atoms with van der Waals surface area (Å²) in [6, 6.07) is 7.30. The second-order valence-corrected chi connectivity index (χ2v) is 6.61. The van der Waals surface area contributed by atoms with Crippen LogP contribution in [0.15, 0.2) is 24.3 Å². The Morgan fingerprint density at radius 1 is 1.55 bits per heavy atom. The van der Waals surface area contributed by atoms with Gasteiger partial charge in [0, 0.05) is 42.4 Å². The number of thioether (sulfide) groups is 1. The second-order valence-electron chi connectivity index (χ2n) is 5.20. The minimum Gasteiger partial charge on any atom is -0.491 e. The number of benzene rings is 1. The highest BCUT2D eigenvalue weighted by Crippen LogP contribution is 2.21. The fraction of sp³-hybridized carbons (Fsp3) is 0.600. The zero-order valence-corrected chi connectivity index (χ0v) is 12.8. The number of hydrogen-bond donors (Lipinski definition) is 2.